The first-order valence-electron chi connectivity index (χ1n) is 6.98. The van der Waals surface area contributed by atoms with E-state index in [0.717, 1.165) is 29.9 Å². The standard InChI is InChI=1S/C14H20F3N3/c1-9-12(6-8-18-11-3-4-11)10(2)20-13(19-9)5-7-14(15,16)17/h11,18H,3-8H2,1-2H3. The van der Waals surface area contributed by atoms with Crippen molar-refractivity contribution in [3.8, 4) is 0 Å². The zero-order valence-corrected chi connectivity index (χ0v) is 11.8. The number of rotatable bonds is 6. The molecule has 1 aliphatic rings. The Bertz CT molecular complexity index is 444. The summed E-state index contributed by atoms with van der Waals surface area (Å²) in [6.07, 6.45) is -1.86. The SMILES string of the molecule is Cc1nc(CCC(F)(F)F)nc(C)c1CCNC1CC1. The summed E-state index contributed by atoms with van der Waals surface area (Å²) in [4.78, 5) is 8.42. The summed E-state index contributed by atoms with van der Waals surface area (Å²) < 4.78 is 36.6. The summed E-state index contributed by atoms with van der Waals surface area (Å²) in [7, 11) is 0. The van der Waals surface area contributed by atoms with Crippen LogP contribution in [0.1, 0.15) is 42.0 Å². The van der Waals surface area contributed by atoms with Crippen LogP contribution in [0.5, 0.6) is 0 Å². The molecule has 0 aliphatic heterocycles. The maximum absolute atomic E-state index is 12.2. The Labute approximate surface area is 117 Å². The smallest absolute Gasteiger partial charge is 0.314 e. The molecule has 1 heterocycles. The summed E-state index contributed by atoms with van der Waals surface area (Å²) in [6.45, 7) is 4.56. The molecule has 1 aromatic rings. The second-order valence-corrected chi connectivity index (χ2v) is 5.38. The molecular formula is C14H20F3N3. The molecule has 3 nitrogen and oxygen atoms in total. The lowest BCUT2D eigenvalue weighted by molar-refractivity contribution is -0.134. The van der Waals surface area contributed by atoms with Gasteiger partial charge in [0, 0.05) is 23.9 Å². The molecular weight excluding hydrogens is 267 g/mol. The van der Waals surface area contributed by atoms with Crippen molar-refractivity contribution in [1.29, 1.82) is 0 Å². The van der Waals surface area contributed by atoms with Crippen LogP contribution in [0.3, 0.4) is 0 Å². The first-order chi connectivity index (χ1) is 9.35. The van der Waals surface area contributed by atoms with Crippen LogP contribution in [-0.2, 0) is 12.8 Å². The minimum atomic E-state index is -4.15. The van der Waals surface area contributed by atoms with E-state index in [1.165, 1.54) is 12.8 Å². The van der Waals surface area contributed by atoms with E-state index in [1.54, 1.807) is 0 Å². The van der Waals surface area contributed by atoms with Crippen molar-refractivity contribution < 1.29 is 13.2 Å². The number of halogens is 3. The predicted molar refractivity (Wildman–Crippen MR) is 70.6 cm³/mol. The molecule has 1 N–H and O–H groups in total. The third-order valence-corrected chi connectivity index (χ3v) is 3.48. The monoisotopic (exact) mass is 287 g/mol. The van der Waals surface area contributed by atoms with Gasteiger partial charge in [-0.05, 0) is 45.2 Å². The van der Waals surface area contributed by atoms with E-state index < -0.39 is 12.6 Å². The Hall–Kier alpha value is -1.17. The first kappa shape index (κ1) is 15.2. The molecule has 1 aliphatic carbocycles. The highest BCUT2D eigenvalue weighted by Gasteiger charge is 2.27. The van der Waals surface area contributed by atoms with Gasteiger partial charge in [-0.2, -0.15) is 13.2 Å². The van der Waals surface area contributed by atoms with E-state index in [2.05, 4.69) is 15.3 Å². The van der Waals surface area contributed by atoms with E-state index in [9.17, 15) is 13.2 Å². The molecule has 0 radical (unpaired) electrons. The van der Waals surface area contributed by atoms with Gasteiger partial charge in [0.15, 0.2) is 0 Å². The topological polar surface area (TPSA) is 37.8 Å². The molecule has 0 saturated heterocycles. The Morgan fingerprint density at radius 2 is 1.70 bits per heavy atom. The van der Waals surface area contributed by atoms with Crippen molar-refractivity contribution in [3.63, 3.8) is 0 Å². The Kier molecular flexibility index (Phi) is 4.62. The van der Waals surface area contributed by atoms with Crippen LogP contribution in [0.2, 0.25) is 0 Å². The van der Waals surface area contributed by atoms with Crippen LogP contribution < -0.4 is 5.32 Å². The van der Waals surface area contributed by atoms with Gasteiger partial charge >= 0.3 is 6.18 Å². The lowest BCUT2D eigenvalue weighted by Crippen LogP contribution is -2.20. The molecule has 0 spiro atoms. The van der Waals surface area contributed by atoms with Crippen molar-refractivity contribution in [1.82, 2.24) is 15.3 Å². The quantitative estimate of drug-likeness (QED) is 0.874. The van der Waals surface area contributed by atoms with Gasteiger partial charge in [0.25, 0.3) is 0 Å². The van der Waals surface area contributed by atoms with E-state index in [1.807, 2.05) is 13.8 Å². The van der Waals surface area contributed by atoms with Gasteiger partial charge in [-0.1, -0.05) is 0 Å². The maximum atomic E-state index is 12.2. The summed E-state index contributed by atoms with van der Waals surface area (Å²) in [5, 5.41) is 3.41. The average Bonchev–Trinajstić information content (AvgIpc) is 3.13. The van der Waals surface area contributed by atoms with Crippen LogP contribution in [0.15, 0.2) is 0 Å². The molecule has 1 fully saturated rings. The fourth-order valence-corrected chi connectivity index (χ4v) is 2.22. The van der Waals surface area contributed by atoms with Gasteiger partial charge in [0.1, 0.15) is 5.82 Å². The number of nitrogens with zero attached hydrogens (tertiary/aromatic N) is 2. The Balaban J connectivity index is 1.95. The van der Waals surface area contributed by atoms with Gasteiger partial charge in [0.05, 0.1) is 6.42 Å². The van der Waals surface area contributed by atoms with Gasteiger partial charge in [-0.25, -0.2) is 9.97 Å². The first-order valence-corrected chi connectivity index (χ1v) is 6.98. The van der Waals surface area contributed by atoms with Crippen molar-refractivity contribution in [2.75, 3.05) is 6.54 Å². The van der Waals surface area contributed by atoms with Gasteiger partial charge in [0.2, 0.25) is 0 Å². The van der Waals surface area contributed by atoms with Gasteiger partial charge < -0.3 is 5.32 Å². The second kappa shape index (κ2) is 6.08. The van der Waals surface area contributed by atoms with E-state index >= 15 is 0 Å². The number of hydrogen-bond donors (Lipinski definition) is 1. The molecule has 1 aromatic heterocycles. The minimum absolute atomic E-state index is 0.147. The largest absolute Gasteiger partial charge is 0.389 e. The van der Waals surface area contributed by atoms with E-state index in [-0.39, 0.29) is 12.2 Å². The Morgan fingerprint density at radius 1 is 1.10 bits per heavy atom. The molecule has 0 amide bonds. The highest BCUT2D eigenvalue weighted by Crippen LogP contribution is 2.22. The molecule has 112 valence electrons. The molecule has 1 saturated carbocycles. The minimum Gasteiger partial charge on any atom is -0.314 e. The molecule has 20 heavy (non-hydrogen) atoms. The van der Waals surface area contributed by atoms with Crippen LogP contribution >= 0.6 is 0 Å². The number of nitrogens with one attached hydrogen (secondary N) is 1. The van der Waals surface area contributed by atoms with Crippen molar-refractivity contribution in [2.45, 2.75) is 58.2 Å². The molecule has 2 rings (SSSR count). The zero-order valence-electron chi connectivity index (χ0n) is 11.8. The second-order valence-electron chi connectivity index (χ2n) is 5.38. The lowest BCUT2D eigenvalue weighted by Gasteiger charge is -2.12. The summed E-state index contributed by atoms with van der Waals surface area (Å²) >= 11 is 0. The van der Waals surface area contributed by atoms with Crippen LogP contribution in [0, 0.1) is 13.8 Å². The van der Waals surface area contributed by atoms with Gasteiger partial charge in [-0.3, -0.25) is 0 Å². The number of alkyl halides is 3. The molecule has 0 unspecified atom stereocenters. The van der Waals surface area contributed by atoms with Crippen LogP contribution in [0.4, 0.5) is 13.2 Å². The summed E-state index contributed by atoms with van der Waals surface area (Å²) in [5.41, 5.74) is 2.65. The normalized spacial score (nSPS) is 15.7. The summed E-state index contributed by atoms with van der Waals surface area (Å²) in [5.74, 6) is 0.288. The summed E-state index contributed by atoms with van der Waals surface area (Å²) in [6, 6.07) is 0.655. The van der Waals surface area contributed by atoms with Gasteiger partial charge in [-0.15, -0.1) is 0 Å². The molecule has 6 heteroatoms. The molecule has 0 atom stereocenters. The van der Waals surface area contributed by atoms with Crippen molar-refractivity contribution in [3.05, 3.63) is 22.8 Å². The third kappa shape index (κ3) is 4.74. The fourth-order valence-electron chi connectivity index (χ4n) is 2.22. The highest BCUT2D eigenvalue weighted by atomic mass is 19.4. The zero-order chi connectivity index (χ0) is 14.8. The van der Waals surface area contributed by atoms with Crippen molar-refractivity contribution in [2.24, 2.45) is 0 Å². The predicted octanol–water partition coefficient (Wildman–Crippen LogP) is 2.88. The average molecular weight is 287 g/mol. The fraction of sp³-hybridized carbons (Fsp3) is 0.714. The number of aryl methyl sites for hydroxylation is 3. The van der Waals surface area contributed by atoms with E-state index in [4.69, 9.17) is 0 Å². The van der Waals surface area contributed by atoms with Crippen molar-refractivity contribution >= 4 is 0 Å². The maximum Gasteiger partial charge on any atom is 0.389 e. The third-order valence-electron chi connectivity index (χ3n) is 3.48. The Morgan fingerprint density at radius 3 is 2.20 bits per heavy atom. The highest BCUT2D eigenvalue weighted by molar-refractivity contribution is 5.24. The van der Waals surface area contributed by atoms with Crippen LogP contribution in [0.25, 0.3) is 0 Å². The molecule has 0 bridgehead atoms. The van der Waals surface area contributed by atoms with Crippen LogP contribution in [-0.4, -0.2) is 28.7 Å². The van der Waals surface area contributed by atoms with E-state index in [0.29, 0.717) is 6.04 Å². The number of hydrogen-bond acceptors (Lipinski definition) is 3. The number of aromatic nitrogens is 2. The lowest BCUT2D eigenvalue weighted by atomic mass is 10.1. The molecule has 0 aromatic carbocycles.